The molecule has 0 saturated carbocycles. The maximum absolute atomic E-state index is 13.1. The fraction of sp³-hybridized carbons (Fsp3) is 0.316. The first-order chi connectivity index (χ1) is 13.2. The molecule has 1 saturated heterocycles. The number of carbonyl (C=O) groups is 1. The summed E-state index contributed by atoms with van der Waals surface area (Å²) in [5.74, 6) is -1.94. The highest BCUT2D eigenvalue weighted by Gasteiger charge is 2.29. The summed E-state index contributed by atoms with van der Waals surface area (Å²) in [7, 11) is -3.76. The second-order valence-corrected chi connectivity index (χ2v) is 9.03. The summed E-state index contributed by atoms with van der Waals surface area (Å²) in [6.45, 7) is 3.72. The van der Waals surface area contributed by atoms with Gasteiger partial charge in [-0.3, -0.25) is 4.79 Å². The minimum absolute atomic E-state index is 0.0116. The first-order valence-corrected chi connectivity index (χ1v) is 10.8. The smallest absolute Gasteiger partial charge is 0.241 e. The number of benzene rings is 2. The standard InChI is InChI=1S/C19H21ClFN3O3S/c1-14-3-2-4-16(11-14)23-7-9-24(10-8-23)28(26,27)13-19(25)22-18-6-5-15(21)12-17(18)20/h2-6,11-12H,7-10,13H2,1H3,(H,22,25). The van der Waals surface area contributed by atoms with Gasteiger partial charge in [-0.25, -0.2) is 12.8 Å². The fourth-order valence-electron chi connectivity index (χ4n) is 3.08. The third kappa shape index (κ3) is 5.01. The van der Waals surface area contributed by atoms with Crippen molar-refractivity contribution in [2.45, 2.75) is 6.92 Å². The Morgan fingerprint density at radius 3 is 2.50 bits per heavy atom. The highest BCUT2D eigenvalue weighted by Crippen LogP contribution is 2.23. The molecule has 0 aliphatic carbocycles. The van der Waals surface area contributed by atoms with Crippen molar-refractivity contribution in [1.82, 2.24) is 4.31 Å². The number of piperazine rings is 1. The Kier molecular flexibility index (Phi) is 6.22. The molecule has 1 heterocycles. The lowest BCUT2D eigenvalue weighted by atomic mass is 10.2. The summed E-state index contributed by atoms with van der Waals surface area (Å²) in [5, 5.41) is 2.43. The van der Waals surface area contributed by atoms with E-state index in [1.54, 1.807) is 0 Å². The van der Waals surface area contributed by atoms with Gasteiger partial charge in [0.25, 0.3) is 0 Å². The molecule has 28 heavy (non-hydrogen) atoms. The van der Waals surface area contributed by atoms with Gasteiger partial charge in [-0.15, -0.1) is 0 Å². The van der Waals surface area contributed by atoms with Gasteiger partial charge in [0.1, 0.15) is 11.6 Å². The quantitative estimate of drug-likeness (QED) is 0.799. The van der Waals surface area contributed by atoms with E-state index in [9.17, 15) is 17.6 Å². The zero-order valence-corrected chi connectivity index (χ0v) is 16.9. The average Bonchev–Trinajstić information content (AvgIpc) is 2.64. The van der Waals surface area contributed by atoms with Gasteiger partial charge in [-0.1, -0.05) is 23.7 Å². The lowest BCUT2D eigenvalue weighted by molar-refractivity contribution is -0.113. The van der Waals surface area contributed by atoms with Crippen LogP contribution in [0.2, 0.25) is 5.02 Å². The van der Waals surface area contributed by atoms with E-state index in [1.807, 2.05) is 25.1 Å². The molecule has 0 atom stereocenters. The monoisotopic (exact) mass is 425 g/mol. The van der Waals surface area contributed by atoms with Crippen molar-refractivity contribution < 1.29 is 17.6 Å². The number of aryl methyl sites for hydroxylation is 1. The van der Waals surface area contributed by atoms with E-state index in [0.717, 1.165) is 23.4 Å². The molecule has 1 aliphatic heterocycles. The Labute approximate surface area is 168 Å². The second kappa shape index (κ2) is 8.46. The van der Waals surface area contributed by atoms with Gasteiger partial charge < -0.3 is 10.2 Å². The first kappa shape index (κ1) is 20.6. The SMILES string of the molecule is Cc1cccc(N2CCN(S(=O)(=O)CC(=O)Nc3ccc(F)cc3Cl)CC2)c1. The second-order valence-electron chi connectivity index (χ2n) is 6.65. The lowest BCUT2D eigenvalue weighted by Crippen LogP contribution is -2.50. The van der Waals surface area contributed by atoms with Crippen LogP contribution in [0.15, 0.2) is 42.5 Å². The van der Waals surface area contributed by atoms with Gasteiger partial charge in [-0.05, 0) is 42.8 Å². The van der Waals surface area contributed by atoms with Crippen LogP contribution in [-0.2, 0) is 14.8 Å². The fourth-order valence-corrected chi connectivity index (χ4v) is 4.60. The molecule has 1 amide bonds. The molecule has 6 nitrogen and oxygen atoms in total. The van der Waals surface area contributed by atoms with Gasteiger partial charge in [-0.2, -0.15) is 4.31 Å². The van der Waals surface area contributed by atoms with Crippen LogP contribution in [0.1, 0.15) is 5.56 Å². The van der Waals surface area contributed by atoms with Crippen molar-refractivity contribution in [3.05, 3.63) is 58.9 Å². The predicted octanol–water partition coefficient (Wildman–Crippen LogP) is 2.88. The molecule has 1 N–H and O–H groups in total. The number of anilines is 2. The van der Waals surface area contributed by atoms with Crippen molar-refractivity contribution in [3.63, 3.8) is 0 Å². The highest BCUT2D eigenvalue weighted by molar-refractivity contribution is 7.89. The molecule has 0 unspecified atom stereocenters. The van der Waals surface area contributed by atoms with Crippen LogP contribution < -0.4 is 10.2 Å². The zero-order valence-electron chi connectivity index (χ0n) is 15.4. The third-order valence-corrected chi connectivity index (χ3v) is 6.61. The highest BCUT2D eigenvalue weighted by atomic mass is 35.5. The summed E-state index contributed by atoms with van der Waals surface area (Å²) >= 11 is 5.86. The van der Waals surface area contributed by atoms with E-state index in [1.165, 1.54) is 10.4 Å². The average molecular weight is 426 g/mol. The van der Waals surface area contributed by atoms with Crippen LogP contribution in [0.25, 0.3) is 0 Å². The maximum atomic E-state index is 13.1. The molecule has 1 fully saturated rings. The van der Waals surface area contributed by atoms with Gasteiger partial charge in [0.15, 0.2) is 0 Å². The van der Waals surface area contributed by atoms with Crippen LogP contribution in [0, 0.1) is 12.7 Å². The normalized spacial score (nSPS) is 15.5. The summed E-state index contributed by atoms with van der Waals surface area (Å²) in [6, 6.07) is 11.5. The van der Waals surface area contributed by atoms with Crippen LogP contribution in [0.5, 0.6) is 0 Å². The third-order valence-electron chi connectivity index (χ3n) is 4.52. The number of hydrogen-bond donors (Lipinski definition) is 1. The zero-order chi connectivity index (χ0) is 20.3. The Bertz CT molecular complexity index is 976. The summed E-state index contributed by atoms with van der Waals surface area (Å²) in [6.07, 6.45) is 0. The van der Waals surface area contributed by atoms with Gasteiger partial charge in [0, 0.05) is 31.9 Å². The molecule has 1 aliphatic rings. The Hall–Kier alpha value is -2.16. The molecule has 0 radical (unpaired) electrons. The van der Waals surface area contributed by atoms with Crippen molar-refractivity contribution in [2.24, 2.45) is 0 Å². The predicted molar refractivity (Wildman–Crippen MR) is 109 cm³/mol. The summed E-state index contributed by atoms with van der Waals surface area (Å²) in [4.78, 5) is 14.3. The van der Waals surface area contributed by atoms with E-state index >= 15 is 0 Å². The van der Waals surface area contributed by atoms with Crippen molar-refractivity contribution >= 4 is 38.9 Å². The minimum atomic E-state index is -3.76. The molecular formula is C19H21ClFN3O3S. The number of hydrogen-bond acceptors (Lipinski definition) is 4. The van der Waals surface area contributed by atoms with Crippen LogP contribution in [0.4, 0.5) is 15.8 Å². The topological polar surface area (TPSA) is 69.7 Å². The number of amides is 1. The number of sulfonamides is 1. The van der Waals surface area contributed by atoms with Gasteiger partial charge in [0.05, 0.1) is 10.7 Å². The Balaban J connectivity index is 1.58. The Morgan fingerprint density at radius 2 is 1.86 bits per heavy atom. The number of halogens is 2. The van der Waals surface area contributed by atoms with Crippen LogP contribution in [0.3, 0.4) is 0 Å². The molecule has 2 aromatic carbocycles. The molecule has 0 aromatic heterocycles. The summed E-state index contributed by atoms with van der Waals surface area (Å²) in [5.41, 5.74) is 2.37. The minimum Gasteiger partial charge on any atom is -0.369 e. The Morgan fingerprint density at radius 1 is 1.14 bits per heavy atom. The number of nitrogens with zero attached hydrogens (tertiary/aromatic N) is 2. The largest absolute Gasteiger partial charge is 0.369 e. The van der Waals surface area contributed by atoms with Gasteiger partial charge >= 0.3 is 0 Å². The van der Waals surface area contributed by atoms with Crippen LogP contribution in [-0.4, -0.2) is 50.6 Å². The molecular weight excluding hydrogens is 405 g/mol. The van der Waals surface area contributed by atoms with E-state index in [4.69, 9.17) is 11.6 Å². The van der Waals surface area contributed by atoms with E-state index in [0.29, 0.717) is 26.2 Å². The van der Waals surface area contributed by atoms with Crippen molar-refractivity contribution in [2.75, 3.05) is 42.1 Å². The van der Waals surface area contributed by atoms with Crippen molar-refractivity contribution in [1.29, 1.82) is 0 Å². The van der Waals surface area contributed by atoms with Crippen molar-refractivity contribution in [3.8, 4) is 0 Å². The molecule has 150 valence electrons. The molecule has 3 rings (SSSR count). The van der Waals surface area contributed by atoms with E-state index in [-0.39, 0.29) is 10.7 Å². The van der Waals surface area contributed by atoms with Crippen LogP contribution >= 0.6 is 11.6 Å². The lowest BCUT2D eigenvalue weighted by Gasteiger charge is -2.35. The van der Waals surface area contributed by atoms with E-state index in [2.05, 4.69) is 16.3 Å². The number of rotatable bonds is 5. The molecule has 9 heteroatoms. The molecule has 0 spiro atoms. The maximum Gasteiger partial charge on any atom is 0.241 e. The van der Waals surface area contributed by atoms with Gasteiger partial charge in [0.2, 0.25) is 15.9 Å². The molecule has 2 aromatic rings. The first-order valence-electron chi connectivity index (χ1n) is 8.79. The van der Waals surface area contributed by atoms with E-state index < -0.39 is 27.5 Å². The number of nitrogens with one attached hydrogen (secondary N) is 1. The summed E-state index contributed by atoms with van der Waals surface area (Å²) < 4.78 is 39.5. The number of carbonyl (C=O) groups excluding carboxylic acids is 1. The molecule has 0 bridgehead atoms.